The van der Waals surface area contributed by atoms with Crippen LogP contribution in [0.2, 0.25) is 0 Å². The molecular formula is C51H46BN3S. The summed E-state index contributed by atoms with van der Waals surface area (Å²) in [6.07, 6.45) is 11.3. The maximum absolute atomic E-state index is 2.60. The summed E-state index contributed by atoms with van der Waals surface area (Å²) in [7, 11) is -1.20. The lowest BCUT2D eigenvalue weighted by molar-refractivity contribution is 0.444. The number of fused-ring (bicyclic) bond motifs is 6. The van der Waals surface area contributed by atoms with Crippen molar-refractivity contribution in [3.8, 4) is 0 Å². The number of benzene rings is 7. The molecule has 1 fully saturated rings. The molecule has 3 aliphatic heterocycles. The molecule has 5 heteroatoms. The summed E-state index contributed by atoms with van der Waals surface area (Å²) < 4.78 is 0. The Morgan fingerprint density at radius 3 is 1.64 bits per heavy atom. The summed E-state index contributed by atoms with van der Waals surface area (Å²) in [4.78, 5) is 10.6. The fourth-order valence-electron chi connectivity index (χ4n) is 10.3. The molecule has 0 atom stereocenters. The van der Waals surface area contributed by atoms with E-state index >= 15 is 0 Å². The van der Waals surface area contributed by atoms with Crippen LogP contribution in [0.15, 0.2) is 168 Å². The van der Waals surface area contributed by atoms with Crippen LogP contribution >= 0.6 is 10.0 Å². The fourth-order valence-corrected chi connectivity index (χ4v) is 12.8. The van der Waals surface area contributed by atoms with Crippen molar-refractivity contribution in [1.29, 1.82) is 0 Å². The van der Waals surface area contributed by atoms with Crippen LogP contribution in [0.4, 0.5) is 51.2 Å². The van der Waals surface area contributed by atoms with Gasteiger partial charge >= 0.3 is 0 Å². The van der Waals surface area contributed by atoms with Crippen LogP contribution in [-0.2, 0) is 0 Å². The standard InChI is InChI=1S/C51H46BN3S/c1-35-27-30-43-42(31-35)52-41-29-28-40(55-44-23-13-15-25-49(44)56(2,3)50-26-16-14-24-45(50)55)34-46(41)54(39-21-11-6-12-22-39)48-33-37(36-17-7-4-8-18-36)32-47(51(48)52)53(43)38-19-9-5-10-20-38/h5-6,9-16,19-34,36H,4,7-8,17-18H2,1-3H3. The van der Waals surface area contributed by atoms with Crippen molar-refractivity contribution in [2.45, 2.75) is 54.7 Å². The number of hydrogen-bond acceptors (Lipinski definition) is 3. The van der Waals surface area contributed by atoms with Crippen LogP contribution in [0.5, 0.6) is 0 Å². The zero-order valence-corrected chi connectivity index (χ0v) is 33.3. The number of hydrogen-bond donors (Lipinski definition) is 0. The van der Waals surface area contributed by atoms with Gasteiger partial charge in [0.1, 0.15) is 0 Å². The molecular weight excluding hydrogens is 697 g/mol. The second kappa shape index (κ2) is 13.0. The second-order valence-corrected chi connectivity index (χ2v) is 20.0. The maximum Gasteiger partial charge on any atom is 0.252 e. The molecule has 0 spiro atoms. The van der Waals surface area contributed by atoms with E-state index in [0.717, 1.165) is 0 Å². The fraction of sp³-hybridized carbons (Fsp3) is 0.176. The Kier molecular flexibility index (Phi) is 7.79. The number of rotatable bonds is 4. The highest BCUT2D eigenvalue weighted by molar-refractivity contribution is 8.33. The lowest BCUT2D eigenvalue weighted by Crippen LogP contribution is -2.61. The highest BCUT2D eigenvalue weighted by atomic mass is 32.3. The minimum atomic E-state index is -1.20. The predicted molar refractivity (Wildman–Crippen MR) is 242 cm³/mol. The molecule has 0 N–H and O–H groups in total. The van der Waals surface area contributed by atoms with Crippen LogP contribution in [0.3, 0.4) is 0 Å². The van der Waals surface area contributed by atoms with Crippen molar-refractivity contribution in [3.63, 3.8) is 0 Å². The molecule has 56 heavy (non-hydrogen) atoms. The molecule has 7 aromatic rings. The average molecular weight is 744 g/mol. The Bertz CT molecular complexity index is 2600. The van der Waals surface area contributed by atoms with E-state index < -0.39 is 10.0 Å². The number of anilines is 9. The summed E-state index contributed by atoms with van der Waals surface area (Å²) in [5.74, 6) is 0.554. The third-order valence-electron chi connectivity index (χ3n) is 12.9. The molecule has 7 aromatic carbocycles. The van der Waals surface area contributed by atoms with Gasteiger partial charge in [-0.25, -0.2) is 0 Å². The Hall–Kier alpha value is -5.65. The van der Waals surface area contributed by atoms with E-state index in [9.17, 15) is 0 Å². The molecule has 1 saturated carbocycles. The van der Waals surface area contributed by atoms with Gasteiger partial charge in [-0.2, -0.15) is 10.0 Å². The minimum Gasteiger partial charge on any atom is -0.311 e. The second-order valence-electron chi connectivity index (χ2n) is 16.5. The lowest BCUT2D eigenvalue weighted by Gasteiger charge is -2.46. The van der Waals surface area contributed by atoms with Crippen LogP contribution in [0.25, 0.3) is 0 Å². The van der Waals surface area contributed by atoms with Gasteiger partial charge in [-0.15, -0.1) is 0 Å². The van der Waals surface area contributed by atoms with E-state index in [2.05, 4.69) is 192 Å². The smallest absolute Gasteiger partial charge is 0.252 e. The first-order chi connectivity index (χ1) is 27.5. The van der Waals surface area contributed by atoms with E-state index in [-0.39, 0.29) is 6.71 Å². The molecule has 0 bridgehead atoms. The quantitative estimate of drug-likeness (QED) is 0.166. The van der Waals surface area contributed by atoms with Gasteiger partial charge in [-0.1, -0.05) is 104 Å². The number of para-hydroxylation sites is 4. The molecule has 3 heterocycles. The highest BCUT2D eigenvalue weighted by Gasteiger charge is 2.44. The average Bonchev–Trinajstić information content (AvgIpc) is 3.24. The number of aryl methyl sites for hydroxylation is 1. The zero-order chi connectivity index (χ0) is 37.5. The summed E-state index contributed by atoms with van der Waals surface area (Å²) >= 11 is 0. The van der Waals surface area contributed by atoms with Crippen molar-refractivity contribution < 1.29 is 0 Å². The Morgan fingerprint density at radius 2 is 1.02 bits per heavy atom. The third kappa shape index (κ3) is 5.06. The van der Waals surface area contributed by atoms with E-state index in [1.807, 2.05) is 0 Å². The van der Waals surface area contributed by atoms with E-state index in [1.165, 1.54) is 121 Å². The largest absolute Gasteiger partial charge is 0.311 e. The Morgan fingerprint density at radius 1 is 0.464 bits per heavy atom. The summed E-state index contributed by atoms with van der Waals surface area (Å²) in [6, 6.07) is 60.0. The van der Waals surface area contributed by atoms with Gasteiger partial charge in [0.15, 0.2) is 0 Å². The molecule has 4 aliphatic rings. The summed E-state index contributed by atoms with van der Waals surface area (Å²) in [5.41, 5.74) is 18.2. The molecule has 0 saturated heterocycles. The normalized spacial score (nSPS) is 17.0. The van der Waals surface area contributed by atoms with Crippen molar-refractivity contribution in [3.05, 3.63) is 169 Å². The van der Waals surface area contributed by atoms with Crippen molar-refractivity contribution >= 4 is 84.3 Å². The lowest BCUT2D eigenvalue weighted by atomic mass is 9.33. The third-order valence-corrected chi connectivity index (χ3v) is 15.8. The van der Waals surface area contributed by atoms with Crippen LogP contribution in [0.1, 0.15) is 49.1 Å². The van der Waals surface area contributed by atoms with Gasteiger partial charge in [0.2, 0.25) is 0 Å². The predicted octanol–water partition coefficient (Wildman–Crippen LogP) is 12.4. The molecule has 274 valence electrons. The number of nitrogens with zero attached hydrogens (tertiary/aromatic N) is 3. The van der Waals surface area contributed by atoms with Crippen LogP contribution in [-0.4, -0.2) is 19.2 Å². The Balaban J connectivity index is 1.21. The first kappa shape index (κ1) is 33.7. The molecule has 0 amide bonds. The van der Waals surface area contributed by atoms with Gasteiger partial charge < -0.3 is 14.7 Å². The monoisotopic (exact) mass is 743 g/mol. The minimum absolute atomic E-state index is 0.0867. The van der Waals surface area contributed by atoms with Gasteiger partial charge in [0, 0.05) is 49.6 Å². The van der Waals surface area contributed by atoms with E-state index in [0.29, 0.717) is 5.92 Å². The SMILES string of the molecule is Cc1ccc2c(c1)B1c3ccc(N4c5ccccc5S(C)(C)c5ccccc54)cc3N(c3ccccc3)c3cc(C4CCCCC4)cc(c31)N2c1ccccc1. The molecule has 0 radical (unpaired) electrons. The highest BCUT2D eigenvalue weighted by Crippen LogP contribution is 2.67. The van der Waals surface area contributed by atoms with Crippen LogP contribution < -0.4 is 31.1 Å². The Labute approximate surface area is 333 Å². The first-order valence-corrected chi connectivity index (χ1v) is 22.8. The van der Waals surface area contributed by atoms with Crippen molar-refractivity contribution in [1.82, 2.24) is 0 Å². The van der Waals surface area contributed by atoms with Gasteiger partial charge in [-0.3, -0.25) is 0 Å². The zero-order valence-electron chi connectivity index (χ0n) is 32.5. The van der Waals surface area contributed by atoms with Crippen molar-refractivity contribution in [2.24, 2.45) is 0 Å². The van der Waals surface area contributed by atoms with Crippen LogP contribution in [0, 0.1) is 6.92 Å². The topological polar surface area (TPSA) is 9.72 Å². The molecule has 3 nitrogen and oxygen atoms in total. The van der Waals surface area contributed by atoms with E-state index in [1.54, 1.807) is 0 Å². The van der Waals surface area contributed by atoms with Gasteiger partial charge in [0.25, 0.3) is 6.71 Å². The van der Waals surface area contributed by atoms with Gasteiger partial charge in [-0.05, 0) is 139 Å². The van der Waals surface area contributed by atoms with E-state index in [4.69, 9.17) is 0 Å². The first-order valence-electron chi connectivity index (χ1n) is 20.3. The summed E-state index contributed by atoms with van der Waals surface area (Å²) in [5, 5.41) is 0. The van der Waals surface area contributed by atoms with Crippen molar-refractivity contribution in [2.75, 3.05) is 27.2 Å². The molecule has 0 aromatic heterocycles. The maximum atomic E-state index is 2.60. The molecule has 11 rings (SSSR count). The molecule has 0 unspecified atom stereocenters. The van der Waals surface area contributed by atoms with Gasteiger partial charge in [0.05, 0.1) is 11.4 Å². The summed E-state index contributed by atoms with van der Waals surface area (Å²) in [6.45, 7) is 2.33. The molecule has 1 aliphatic carbocycles.